The lowest BCUT2D eigenvalue weighted by atomic mass is 9.94. The lowest BCUT2D eigenvalue weighted by Crippen LogP contribution is -2.29. The van der Waals surface area contributed by atoms with E-state index >= 15 is 0 Å². The van der Waals surface area contributed by atoms with Crippen molar-refractivity contribution < 1.29 is 28.6 Å². The molecule has 1 amide bonds. The molecule has 7 nitrogen and oxygen atoms in total. The van der Waals surface area contributed by atoms with E-state index in [0.717, 1.165) is 28.2 Å². The van der Waals surface area contributed by atoms with Crippen LogP contribution in [0.25, 0.3) is 16.0 Å². The molecule has 7 rings (SSSR count). The van der Waals surface area contributed by atoms with Gasteiger partial charge in [0.1, 0.15) is 35.8 Å². The smallest absolute Gasteiger partial charge is 0.301 e. The summed E-state index contributed by atoms with van der Waals surface area (Å²) < 4.78 is 26.4. The van der Waals surface area contributed by atoms with Crippen molar-refractivity contribution in [3.63, 3.8) is 0 Å². The van der Waals surface area contributed by atoms with Gasteiger partial charge in [0.05, 0.1) is 21.8 Å². The molecular formula is C34H25FN2O5S. The Kier molecular flexibility index (Phi) is 6.66. The Hall–Kier alpha value is -5.02. The SMILES string of the molecule is C[C@H]1Cc2cc(C(O)=C3C(=O)C(=O)N(c4nc5ccc(F)cc5s4)[C@H]3c3cccc(OCc4ccccc4)c3)ccc2O1. The number of nitrogens with zero attached hydrogens (tertiary/aromatic N) is 2. The van der Waals surface area contributed by atoms with E-state index in [1.165, 1.54) is 23.1 Å². The van der Waals surface area contributed by atoms with E-state index in [9.17, 15) is 19.1 Å². The molecule has 0 bridgehead atoms. The van der Waals surface area contributed by atoms with Crippen molar-refractivity contribution >= 4 is 44.1 Å². The maximum atomic E-state index is 14.0. The van der Waals surface area contributed by atoms with Crippen molar-refractivity contribution in [2.45, 2.75) is 32.1 Å². The van der Waals surface area contributed by atoms with E-state index in [1.807, 2.05) is 37.3 Å². The van der Waals surface area contributed by atoms with E-state index in [0.29, 0.717) is 40.1 Å². The van der Waals surface area contributed by atoms with Gasteiger partial charge in [-0.2, -0.15) is 0 Å². The van der Waals surface area contributed by atoms with E-state index in [2.05, 4.69) is 4.98 Å². The summed E-state index contributed by atoms with van der Waals surface area (Å²) in [7, 11) is 0. The number of aliphatic hydroxyl groups excluding tert-OH is 1. The van der Waals surface area contributed by atoms with Crippen molar-refractivity contribution in [1.82, 2.24) is 4.98 Å². The molecule has 0 spiro atoms. The molecule has 0 aliphatic carbocycles. The third-order valence-corrected chi connectivity index (χ3v) is 8.60. The van der Waals surface area contributed by atoms with Crippen molar-refractivity contribution in [2.75, 3.05) is 4.90 Å². The highest BCUT2D eigenvalue weighted by Crippen LogP contribution is 2.45. The van der Waals surface area contributed by atoms with Crippen molar-refractivity contribution in [1.29, 1.82) is 0 Å². The second-order valence-electron chi connectivity index (χ2n) is 10.6. The number of ketones is 1. The van der Waals surface area contributed by atoms with Gasteiger partial charge in [-0.25, -0.2) is 9.37 Å². The number of fused-ring (bicyclic) bond motifs is 2. The van der Waals surface area contributed by atoms with Gasteiger partial charge in [-0.1, -0.05) is 53.8 Å². The summed E-state index contributed by atoms with van der Waals surface area (Å²) in [6.07, 6.45) is 0.664. The fraction of sp³-hybridized carbons (Fsp3) is 0.147. The van der Waals surface area contributed by atoms with Gasteiger partial charge in [-0.3, -0.25) is 14.5 Å². The number of Topliss-reactive ketones (excluding diaryl/α,β-unsaturated/α-hetero) is 1. The van der Waals surface area contributed by atoms with Crippen LogP contribution in [0.3, 0.4) is 0 Å². The lowest BCUT2D eigenvalue weighted by Gasteiger charge is -2.23. The number of aliphatic hydroxyl groups is 1. The molecule has 0 radical (unpaired) electrons. The second kappa shape index (κ2) is 10.7. The van der Waals surface area contributed by atoms with Crippen molar-refractivity contribution in [2.24, 2.45) is 0 Å². The average Bonchev–Trinajstić information content (AvgIpc) is 3.68. The predicted molar refractivity (Wildman–Crippen MR) is 162 cm³/mol. The number of hydrogen-bond acceptors (Lipinski definition) is 7. The van der Waals surface area contributed by atoms with Crippen LogP contribution in [0.1, 0.15) is 35.2 Å². The van der Waals surface area contributed by atoms with Crippen LogP contribution >= 0.6 is 11.3 Å². The standard InChI is InChI=1S/C34H25FN2O5S/c1-19-14-23-15-22(10-13-27(23)42-19)31(38)29-30(21-8-5-9-25(16-21)41-18-20-6-3-2-4-7-20)37(33(40)32(29)39)34-36-26-12-11-24(35)17-28(26)43-34/h2-13,15-17,19,30,38H,14,18H2,1H3/t19-,30-/m0/s1. The zero-order valence-electron chi connectivity index (χ0n) is 23.0. The van der Waals surface area contributed by atoms with E-state index in [-0.39, 0.29) is 22.6 Å². The van der Waals surface area contributed by atoms with Crippen LogP contribution in [0.2, 0.25) is 0 Å². The van der Waals surface area contributed by atoms with E-state index < -0.39 is 23.5 Å². The lowest BCUT2D eigenvalue weighted by molar-refractivity contribution is -0.132. The average molecular weight is 593 g/mol. The number of carbonyl (C=O) groups excluding carboxylic acids is 2. The first-order valence-electron chi connectivity index (χ1n) is 13.8. The number of benzene rings is 4. The molecule has 4 aromatic carbocycles. The fourth-order valence-electron chi connectivity index (χ4n) is 5.57. The molecule has 214 valence electrons. The first kappa shape index (κ1) is 26.9. The first-order valence-corrected chi connectivity index (χ1v) is 14.6. The summed E-state index contributed by atoms with van der Waals surface area (Å²) in [5.41, 5.74) is 3.27. The number of halogens is 1. The molecule has 1 fully saturated rings. The summed E-state index contributed by atoms with van der Waals surface area (Å²) in [5.74, 6) is -1.14. The number of aromatic nitrogens is 1. The summed E-state index contributed by atoms with van der Waals surface area (Å²) in [4.78, 5) is 33.2. The Morgan fingerprint density at radius 2 is 1.88 bits per heavy atom. The zero-order valence-corrected chi connectivity index (χ0v) is 23.8. The highest BCUT2D eigenvalue weighted by molar-refractivity contribution is 7.22. The predicted octanol–water partition coefficient (Wildman–Crippen LogP) is 6.96. The zero-order chi connectivity index (χ0) is 29.7. The Balaban J connectivity index is 1.35. The Morgan fingerprint density at radius 3 is 2.72 bits per heavy atom. The molecule has 2 atom stereocenters. The van der Waals surface area contributed by atoms with Gasteiger partial charge in [0.2, 0.25) is 0 Å². The molecule has 2 aliphatic rings. The van der Waals surface area contributed by atoms with Crippen LogP contribution in [0.15, 0.2) is 96.6 Å². The molecule has 9 heteroatoms. The van der Waals surface area contributed by atoms with Gasteiger partial charge in [-0.05, 0) is 72.1 Å². The summed E-state index contributed by atoms with van der Waals surface area (Å²) in [6.45, 7) is 2.28. The van der Waals surface area contributed by atoms with Crippen LogP contribution in [0.5, 0.6) is 11.5 Å². The molecule has 5 aromatic rings. The monoisotopic (exact) mass is 592 g/mol. The molecule has 2 aliphatic heterocycles. The molecular weight excluding hydrogens is 567 g/mol. The molecule has 0 unspecified atom stereocenters. The largest absolute Gasteiger partial charge is 0.507 e. The van der Waals surface area contributed by atoms with Gasteiger partial charge in [0, 0.05) is 12.0 Å². The highest BCUT2D eigenvalue weighted by atomic mass is 32.1. The minimum Gasteiger partial charge on any atom is -0.507 e. The van der Waals surface area contributed by atoms with E-state index in [4.69, 9.17) is 9.47 Å². The molecule has 3 heterocycles. The van der Waals surface area contributed by atoms with Crippen LogP contribution < -0.4 is 14.4 Å². The number of rotatable bonds is 6. The maximum Gasteiger partial charge on any atom is 0.301 e. The van der Waals surface area contributed by atoms with Crippen LogP contribution in [-0.2, 0) is 22.6 Å². The number of carbonyl (C=O) groups is 2. The first-order chi connectivity index (χ1) is 20.9. The second-order valence-corrected chi connectivity index (χ2v) is 11.6. The molecule has 43 heavy (non-hydrogen) atoms. The number of amides is 1. The maximum absolute atomic E-state index is 14.0. The fourth-order valence-corrected chi connectivity index (χ4v) is 6.59. The number of anilines is 1. The normalized spacial score (nSPS) is 19.1. The molecule has 0 saturated carbocycles. The van der Waals surface area contributed by atoms with Gasteiger partial charge in [-0.15, -0.1) is 0 Å². The summed E-state index contributed by atoms with van der Waals surface area (Å²) in [5, 5.41) is 11.9. The Labute approximate surface area is 250 Å². The van der Waals surface area contributed by atoms with Crippen LogP contribution in [0.4, 0.5) is 9.52 Å². The number of hydrogen-bond donors (Lipinski definition) is 1. The van der Waals surface area contributed by atoms with Crippen LogP contribution in [0, 0.1) is 5.82 Å². The Morgan fingerprint density at radius 1 is 1.05 bits per heavy atom. The molecule has 1 aromatic heterocycles. The summed E-state index contributed by atoms with van der Waals surface area (Å²) in [6, 6.07) is 25.2. The molecule has 1 saturated heterocycles. The number of thiazole rings is 1. The Bertz CT molecular complexity index is 1940. The minimum atomic E-state index is -1.01. The quantitative estimate of drug-likeness (QED) is 0.130. The number of ether oxygens (including phenoxy) is 2. The molecule has 1 N–H and O–H groups in total. The third-order valence-electron chi connectivity index (χ3n) is 7.58. The minimum absolute atomic E-state index is 0.000439. The van der Waals surface area contributed by atoms with Gasteiger partial charge in [0.25, 0.3) is 5.78 Å². The van der Waals surface area contributed by atoms with Gasteiger partial charge >= 0.3 is 5.91 Å². The van der Waals surface area contributed by atoms with Crippen molar-refractivity contribution in [3.8, 4) is 11.5 Å². The van der Waals surface area contributed by atoms with Crippen LogP contribution in [-0.4, -0.2) is 27.9 Å². The van der Waals surface area contributed by atoms with Gasteiger partial charge in [0.15, 0.2) is 5.13 Å². The van der Waals surface area contributed by atoms with Crippen molar-refractivity contribution in [3.05, 3.63) is 125 Å². The third kappa shape index (κ3) is 4.91. The topological polar surface area (TPSA) is 89.0 Å². The van der Waals surface area contributed by atoms with Gasteiger partial charge < -0.3 is 14.6 Å². The van der Waals surface area contributed by atoms with E-state index in [1.54, 1.807) is 42.5 Å². The summed E-state index contributed by atoms with van der Waals surface area (Å²) >= 11 is 1.10. The highest BCUT2D eigenvalue weighted by Gasteiger charge is 2.48.